The summed E-state index contributed by atoms with van der Waals surface area (Å²) < 4.78 is 17.8. The summed E-state index contributed by atoms with van der Waals surface area (Å²) in [6, 6.07) is 0. The van der Waals surface area contributed by atoms with Crippen LogP contribution >= 0.6 is 0 Å². The molecule has 0 radical (unpaired) electrons. The van der Waals surface area contributed by atoms with E-state index in [-0.39, 0.29) is 11.8 Å². The molecule has 0 aromatic heterocycles. The minimum atomic E-state index is -0.535. The first-order chi connectivity index (χ1) is 15.9. The van der Waals surface area contributed by atoms with E-state index in [9.17, 15) is 9.59 Å². The van der Waals surface area contributed by atoms with Crippen molar-refractivity contribution in [3.63, 3.8) is 0 Å². The summed E-state index contributed by atoms with van der Waals surface area (Å²) in [5.41, 5.74) is -0.535. The van der Waals surface area contributed by atoms with Crippen molar-refractivity contribution >= 4 is 18.1 Å². The molecule has 9 heteroatoms. The lowest BCUT2D eigenvalue weighted by Crippen LogP contribution is -2.43. The summed E-state index contributed by atoms with van der Waals surface area (Å²) in [4.78, 5) is 31.4. The molecular formula is C24H43N3O6. The van der Waals surface area contributed by atoms with E-state index in [2.05, 4.69) is 35.7 Å². The molecule has 0 rings (SSSR count). The maximum absolute atomic E-state index is 11.2. The van der Waals surface area contributed by atoms with E-state index >= 15 is 0 Å². The zero-order valence-corrected chi connectivity index (χ0v) is 20.4. The summed E-state index contributed by atoms with van der Waals surface area (Å²) in [6.07, 6.45) is 7.39. The quantitative estimate of drug-likeness (QED) is 0.133. The van der Waals surface area contributed by atoms with E-state index in [1.165, 1.54) is 18.2 Å². The normalized spacial score (nSPS) is 11.8. The highest BCUT2D eigenvalue weighted by molar-refractivity contribution is 5.87. The van der Waals surface area contributed by atoms with Gasteiger partial charge in [0.25, 0.3) is 0 Å². The van der Waals surface area contributed by atoms with Gasteiger partial charge in [-0.15, -0.1) is 0 Å². The van der Waals surface area contributed by atoms with Crippen molar-refractivity contribution in [2.45, 2.75) is 38.2 Å². The second-order valence-electron chi connectivity index (χ2n) is 7.02. The van der Waals surface area contributed by atoms with Gasteiger partial charge in [-0.3, -0.25) is 14.4 Å². The fourth-order valence-corrected chi connectivity index (χ4v) is 2.40. The second kappa shape index (κ2) is 24.3. The van der Waals surface area contributed by atoms with Crippen molar-refractivity contribution in [3.8, 4) is 0 Å². The number of amides is 2. The van der Waals surface area contributed by atoms with E-state index in [1.807, 2.05) is 14.0 Å². The molecular weight excluding hydrogens is 426 g/mol. The first-order valence-electron chi connectivity index (χ1n) is 11.3. The maximum atomic E-state index is 11.2. The minimum absolute atomic E-state index is 0.185. The molecule has 0 aromatic carbocycles. The Morgan fingerprint density at radius 3 is 1.70 bits per heavy atom. The lowest BCUT2D eigenvalue weighted by molar-refractivity contribution is -0.139. The Morgan fingerprint density at radius 2 is 1.30 bits per heavy atom. The fourth-order valence-electron chi connectivity index (χ4n) is 2.40. The van der Waals surface area contributed by atoms with Gasteiger partial charge >= 0.3 is 0 Å². The third-order valence-corrected chi connectivity index (χ3v) is 4.35. The number of carbonyl (C=O) groups excluding carboxylic acids is 3. The minimum Gasteiger partial charge on any atom is -0.378 e. The summed E-state index contributed by atoms with van der Waals surface area (Å²) in [5, 5.41) is 8.55. The second-order valence-corrected chi connectivity index (χ2v) is 7.02. The van der Waals surface area contributed by atoms with Gasteiger partial charge in [-0.05, 0) is 57.5 Å². The number of ether oxygens (including phenoxy) is 3. The average molecular weight is 470 g/mol. The number of hydrogen-bond donors (Lipinski definition) is 3. The smallest absolute Gasteiger partial charge is 0.243 e. The molecule has 33 heavy (non-hydrogen) atoms. The molecule has 3 N–H and O–H groups in total. The molecule has 0 saturated carbocycles. The Morgan fingerprint density at radius 1 is 0.848 bits per heavy atom. The molecule has 0 aliphatic heterocycles. The molecule has 9 nitrogen and oxygen atoms in total. The summed E-state index contributed by atoms with van der Waals surface area (Å²) >= 11 is 0. The third-order valence-electron chi connectivity index (χ3n) is 4.35. The molecule has 0 aliphatic rings. The van der Waals surface area contributed by atoms with Crippen LogP contribution in [0.3, 0.4) is 0 Å². The van der Waals surface area contributed by atoms with Crippen molar-refractivity contribution < 1.29 is 28.6 Å². The molecule has 0 bridgehead atoms. The van der Waals surface area contributed by atoms with E-state index in [1.54, 1.807) is 0 Å². The zero-order valence-electron chi connectivity index (χ0n) is 20.4. The largest absolute Gasteiger partial charge is 0.378 e. The van der Waals surface area contributed by atoms with Crippen molar-refractivity contribution in [3.05, 3.63) is 38.0 Å². The average Bonchev–Trinajstić information content (AvgIpc) is 2.84. The molecule has 0 spiro atoms. The zero-order chi connectivity index (χ0) is 25.2. The van der Waals surface area contributed by atoms with Crippen LogP contribution < -0.4 is 16.0 Å². The van der Waals surface area contributed by atoms with Gasteiger partial charge in [0, 0.05) is 32.9 Å². The van der Waals surface area contributed by atoms with Crippen LogP contribution in [0.5, 0.6) is 0 Å². The monoisotopic (exact) mass is 469 g/mol. The van der Waals surface area contributed by atoms with Gasteiger partial charge in [-0.25, -0.2) is 0 Å². The SMILES string of the molecule is C=CC(=O)NCCCOCC(CC)(COCCCNC)OCCCNC(=O)C=C.C=CC=O. The molecule has 1 unspecified atom stereocenters. The molecule has 190 valence electrons. The van der Waals surface area contributed by atoms with Crippen molar-refractivity contribution in [1.29, 1.82) is 0 Å². The molecule has 1 atom stereocenters. The number of nitrogens with one attached hydrogen (secondary N) is 3. The van der Waals surface area contributed by atoms with Gasteiger partial charge in [0.1, 0.15) is 11.9 Å². The van der Waals surface area contributed by atoms with Crippen molar-refractivity contribution in [2.75, 3.05) is 59.7 Å². The van der Waals surface area contributed by atoms with Crippen LogP contribution in [0.1, 0.15) is 32.6 Å². The third kappa shape index (κ3) is 21.3. The number of allylic oxidation sites excluding steroid dienone is 1. The van der Waals surface area contributed by atoms with Gasteiger partial charge < -0.3 is 30.2 Å². The predicted octanol–water partition coefficient (Wildman–Crippen LogP) is 1.55. The van der Waals surface area contributed by atoms with Gasteiger partial charge in [-0.1, -0.05) is 26.7 Å². The molecule has 0 aromatic rings. The lowest BCUT2D eigenvalue weighted by Gasteiger charge is -2.32. The molecule has 0 aliphatic carbocycles. The highest BCUT2D eigenvalue weighted by Crippen LogP contribution is 2.18. The number of rotatable bonds is 21. The maximum Gasteiger partial charge on any atom is 0.243 e. The topological polar surface area (TPSA) is 115 Å². The van der Waals surface area contributed by atoms with E-state index in [4.69, 9.17) is 19.0 Å². The number of hydrogen-bond acceptors (Lipinski definition) is 7. The summed E-state index contributed by atoms with van der Waals surface area (Å²) in [6.45, 7) is 16.5. The Kier molecular flexibility index (Phi) is 24.2. The molecule has 2 amide bonds. The highest BCUT2D eigenvalue weighted by Gasteiger charge is 2.30. The molecule has 0 saturated heterocycles. The Hall–Kier alpha value is -2.33. The van der Waals surface area contributed by atoms with Gasteiger partial charge in [0.15, 0.2) is 0 Å². The van der Waals surface area contributed by atoms with E-state index < -0.39 is 5.60 Å². The summed E-state index contributed by atoms with van der Waals surface area (Å²) in [7, 11) is 1.91. The fraction of sp³-hybridized carbons (Fsp3) is 0.625. The van der Waals surface area contributed by atoms with Gasteiger partial charge in [-0.2, -0.15) is 0 Å². The van der Waals surface area contributed by atoms with Crippen LogP contribution in [-0.2, 0) is 28.6 Å². The Labute approximate surface area is 199 Å². The Bertz CT molecular complexity index is 550. The van der Waals surface area contributed by atoms with Gasteiger partial charge in [0.2, 0.25) is 11.8 Å². The van der Waals surface area contributed by atoms with Crippen LogP contribution in [0, 0.1) is 0 Å². The highest BCUT2D eigenvalue weighted by atomic mass is 16.6. The van der Waals surface area contributed by atoms with E-state index in [0.29, 0.717) is 65.3 Å². The lowest BCUT2D eigenvalue weighted by atomic mass is 10.0. The van der Waals surface area contributed by atoms with Gasteiger partial charge in [0.05, 0.1) is 13.2 Å². The summed E-state index contributed by atoms with van der Waals surface area (Å²) in [5.74, 6) is -0.374. The van der Waals surface area contributed by atoms with Crippen LogP contribution in [-0.4, -0.2) is 83.4 Å². The molecule has 0 fully saturated rings. The van der Waals surface area contributed by atoms with Crippen LogP contribution in [0.15, 0.2) is 38.0 Å². The molecule has 0 heterocycles. The van der Waals surface area contributed by atoms with Crippen molar-refractivity contribution in [2.24, 2.45) is 0 Å². The standard InChI is InChI=1S/C21H39N3O5.C3H4O/c1-5-19(25)23-12-9-15-28-18-21(7-3,17-27-14-8-11-22-4)29-16-10-13-24-20(26)6-2;1-2-3-4/h5-6,22H,1-2,7-18H2,3-4H3,(H,23,25)(H,24,26);2-3H,1H2. The first kappa shape index (κ1) is 32.8. The van der Waals surface area contributed by atoms with Crippen LogP contribution in [0.25, 0.3) is 0 Å². The number of carbonyl (C=O) groups is 3. The Balaban J connectivity index is 0. The van der Waals surface area contributed by atoms with Crippen molar-refractivity contribution in [1.82, 2.24) is 16.0 Å². The van der Waals surface area contributed by atoms with E-state index in [0.717, 1.165) is 19.4 Å². The van der Waals surface area contributed by atoms with Crippen LogP contribution in [0.2, 0.25) is 0 Å². The first-order valence-corrected chi connectivity index (χ1v) is 11.3. The van der Waals surface area contributed by atoms with Crippen LogP contribution in [0.4, 0.5) is 0 Å². The number of aldehydes is 1. The predicted molar refractivity (Wildman–Crippen MR) is 131 cm³/mol.